The normalized spacial score (nSPS) is 11.9. The number of halogens is 1. The van der Waals surface area contributed by atoms with E-state index in [4.69, 9.17) is 16.3 Å². The summed E-state index contributed by atoms with van der Waals surface area (Å²) in [5.74, 6) is -0.263. The number of nitro groups is 1. The van der Waals surface area contributed by atoms with Crippen LogP contribution in [-0.4, -0.2) is 43.0 Å². The number of nitrogens with one attached hydrogen (secondary N) is 1. The fourth-order valence-electron chi connectivity index (χ4n) is 2.69. The van der Waals surface area contributed by atoms with Gasteiger partial charge in [-0.1, -0.05) is 29.8 Å². The van der Waals surface area contributed by atoms with Crippen molar-refractivity contribution < 1.29 is 14.5 Å². The van der Waals surface area contributed by atoms with E-state index in [1.54, 1.807) is 13.0 Å². The molecule has 144 valence electrons. The van der Waals surface area contributed by atoms with Crippen LogP contribution < -0.4 is 10.1 Å². The van der Waals surface area contributed by atoms with Crippen LogP contribution in [0.25, 0.3) is 0 Å². The average Bonchev–Trinajstić information content (AvgIpc) is 2.63. The number of nitrogens with zero attached hydrogens (tertiary/aromatic N) is 2. The Bertz CT molecular complexity index is 826. The van der Waals surface area contributed by atoms with Gasteiger partial charge in [0.15, 0.2) is 5.75 Å². The quantitative estimate of drug-likeness (QED) is 0.548. The summed E-state index contributed by atoms with van der Waals surface area (Å²) in [4.78, 5) is 25.1. The number of hydrogen-bond donors (Lipinski definition) is 1. The summed E-state index contributed by atoms with van der Waals surface area (Å²) < 4.78 is 5.24. The van der Waals surface area contributed by atoms with Gasteiger partial charge < -0.3 is 15.0 Å². The number of ether oxygens (including phenoxy) is 1. The van der Waals surface area contributed by atoms with Gasteiger partial charge in [0.1, 0.15) is 0 Å². The minimum absolute atomic E-state index is 0.139. The lowest BCUT2D eigenvalue weighted by Crippen LogP contribution is -2.34. The zero-order chi connectivity index (χ0) is 20.0. The van der Waals surface area contributed by atoms with Crippen molar-refractivity contribution in [2.75, 3.05) is 27.2 Å². The van der Waals surface area contributed by atoms with Crippen LogP contribution in [-0.2, 0) is 0 Å². The second kappa shape index (κ2) is 9.34. The Kier molecular flexibility index (Phi) is 7.15. The molecule has 1 unspecified atom stereocenters. The summed E-state index contributed by atoms with van der Waals surface area (Å²) >= 11 is 6.27. The van der Waals surface area contributed by atoms with Crippen LogP contribution in [0, 0.1) is 10.1 Å². The van der Waals surface area contributed by atoms with Gasteiger partial charge >= 0.3 is 5.69 Å². The van der Waals surface area contributed by atoms with Gasteiger partial charge in [0.05, 0.1) is 17.6 Å². The third kappa shape index (κ3) is 5.18. The molecular formula is C19H22ClN3O4. The number of rotatable bonds is 8. The fourth-order valence-corrected chi connectivity index (χ4v) is 2.95. The Hall–Kier alpha value is -2.64. The van der Waals surface area contributed by atoms with Crippen LogP contribution in [0.1, 0.15) is 28.9 Å². The van der Waals surface area contributed by atoms with Crippen molar-refractivity contribution in [3.63, 3.8) is 0 Å². The summed E-state index contributed by atoms with van der Waals surface area (Å²) in [5, 5.41) is 14.7. The Morgan fingerprint density at radius 1 is 1.30 bits per heavy atom. The van der Waals surface area contributed by atoms with Gasteiger partial charge in [-0.3, -0.25) is 14.9 Å². The molecule has 0 aliphatic carbocycles. The number of hydrogen-bond acceptors (Lipinski definition) is 5. The number of amides is 1. The van der Waals surface area contributed by atoms with E-state index >= 15 is 0 Å². The van der Waals surface area contributed by atoms with E-state index in [1.807, 2.05) is 37.2 Å². The number of nitro benzene ring substituents is 1. The largest absolute Gasteiger partial charge is 0.487 e. The zero-order valence-electron chi connectivity index (χ0n) is 15.4. The lowest BCUT2D eigenvalue weighted by atomic mass is 10.1. The molecule has 2 aromatic carbocycles. The second-order valence-corrected chi connectivity index (χ2v) is 6.49. The third-order valence-electron chi connectivity index (χ3n) is 4.06. The molecule has 0 saturated carbocycles. The molecule has 7 nitrogen and oxygen atoms in total. The molecule has 0 radical (unpaired) electrons. The predicted molar refractivity (Wildman–Crippen MR) is 104 cm³/mol. The summed E-state index contributed by atoms with van der Waals surface area (Å²) in [6.07, 6.45) is 0. The molecule has 0 aromatic heterocycles. The number of carbonyl (C=O) groups is 1. The highest BCUT2D eigenvalue weighted by atomic mass is 35.5. The summed E-state index contributed by atoms with van der Waals surface area (Å²) in [7, 11) is 3.78. The Morgan fingerprint density at radius 2 is 2.00 bits per heavy atom. The maximum atomic E-state index is 12.5. The van der Waals surface area contributed by atoms with Crippen LogP contribution in [0.3, 0.4) is 0 Å². The first-order chi connectivity index (χ1) is 12.8. The van der Waals surface area contributed by atoms with E-state index in [0.29, 0.717) is 18.2 Å². The highest BCUT2D eigenvalue weighted by Crippen LogP contribution is 2.28. The van der Waals surface area contributed by atoms with E-state index in [-0.39, 0.29) is 23.0 Å². The molecule has 27 heavy (non-hydrogen) atoms. The summed E-state index contributed by atoms with van der Waals surface area (Å²) in [5.41, 5.74) is 0.851. The molecule has 8 heteroatoms. The topological polar surface area (TPSA) is 84.7 Å². The molecule has 0 aliphatic rings. The molecule has 1 N–H and O–H groups in total. The van der Waals surface area contributed by atoms with E-state index in [1.165, 1.54) is 18.2 Å². The molecule has 2 rings (SSSR count). The van der Waals surface area contributed by atoms with Gasteiger partial charge in [0, 0.05) is 23.2 Å². The van der Waals surface area contributed by atoms with Crippen LogP contribution in [0.4, 0.5) is 5.69 Å². The number of likely N-dealkylation sites (N-methyl/N-ethyl adjacent to an activating group) is 1. The molecule has 0 fully saturated rings. The van der Waals surface area contributed by atoms with Crippen molar-refractivity contribution >= 4 is 23.2 Å². The summed E-state index contributed by atoms with van der Waals surface area (Å²) in [6.45, 7) is 2.34. The maximum Gasteiger partial charge on any atom is 0.311 e. The number of carbonyl (C=O) groups excluding carboxylic acids is 1. The maximum absolute atomic E-state index is 12.5. The highest BCUT2D eigenvalue weighted by Gasteiger charge is 2.21. The van der Waals surface area contributed by atoms with E-state index in [0.717, 1.165) is 5.56 Å². The van der Waals surface area contributed by atoms with Gasteiger partial charge in [-0.25, -0.2) is 0 Å². The first-order valence-corrected chi connectivity index (χ1v) is 8.83. The second-order valence-electron chi connectivity index (χ2n) is 6.08. The van der Waals surface area contributed by atoms with Crippen molar-refractivity contribution in [1.29, 1.82) is 0 Å². The van der Waals surface area contributed by atoms with Gasteiger partial charge in [0.25, 0.3) is 5.91 Å². The monoisotopic (exact) mass is 391 g/mol. The first kappa shape index (κ1) is 20.7. The molecule has 0 heterocycles. The Labute approximate surface area is 163 Å². The molecule has 0 spiro atoms. The Balaban J connectivity index is 2.17. The third-order valence-corrected chi connectivity index (χ3v) is 4.41. The van der Waals surface area contributed by atoms with E-state index in [9.17, 15) is 14.9 Å². The zero-order valence-corrected chi connectivity index (χ0v) is 16.2. The van der Waals surface area contributed by atoms with Crippen LogP contribution in [0.2, 0.25) is 5.02 Å². The molecule has 1 atom stereocenters. The standard InChI is InChI=1S/C19H22ClN3O4/c1-4-27-18-10-9-13(11-16(18)23(25)26)19(24)21-12-17(22(2)3)14-7-5-6-8-15(14)20/h5-11,17H,4,12H2,1-3H3,(H,21,24). The molecule has 0 aliphatic heterocycles. The molecule has 0 bridgehead atoms. The van der Waals surface area contributed by atoms with Gasteiger partial charge in [-0.05, 0) is 44.8 Å². The van der Waals surface area contributed by atoms with Crippen LogP contribution >= 0.6 is 11.6 Å². The molecular weight excluding hydrogens is 370 g/mol. The number of benzene rings is 2. The molecule has 0 saturated heterocycles. The lowest BCUT2D eigenvalue weighted by molar-refractivity contribution is -0.385. The van der Waals surface area contributed by atoms with Crippen molar-refractivity contribution in [2.45, 2.75) is 13.0 Å². The average molecular weight is 392 g/mol. The smallest absolute Gasteiger partial charge is 0.311 e. The van der Waals surface area contributed by atoms with Crippen molar-refractivity contribution in [1.82, 2.24) is 10.2 Å². The SMILES string of the molecule is CCOc1ccc(C(=O)NCC(c2ccccc2Cl)N(C)C)cc1[N+](=O)[O-]. The lowest BCUT2D eigenvalue weighted by Gasteiger charge is -2.26. The van der Waals surface area contributed by atoms with Crippen molar-refractivity contribution in [3.05, 3.63) is 68.7 Å². The van der Waals surface area contributed by atoms with Crippen LogP contribution in [0.15, 0.2) is 42.5 Å². The van der Waals surface area contributed by atoms with Gasteiger partial charge in [-0.15, -0.1) is 0 Å². The minimum Gasteiger partial charge on any atom is -0.487 e. The van der Waals surface area contributed by atoms with Crippen molar-refractivity contribution in [2.24, 2.45) is 0 Å². The first-order valence-electron chi connectivity index (χ1n) is 8.45. The van der Waals surface area contributed by atoms with E-state index < -0.39 is 10.8 Å². The molecule has 2 aromatic rings. The van der Waals surface area contributed by atoms with Gasteiger partial charge in [-0.2, -0.15) is 0 Å². The highest BCUT2D eigenvalue weighted by molar-refractivity contribution is 6.31. The minimum atomic E-state index is -0.561. The van der Waals surface area contributed by atoms with E-state index in [2.05, 4.69) is 5.32 Å². The molecule has 1 amide bonds. The van der Waals surface area contributed by atoms with Crippen LogP contribution in [0.5, 0.6) is 5.75 Å². The van der Waals surface area contributed by atoms with Crippen molar-refractivity contribution in [3.8, 4) is 5.75 Å². The fraction of sp³-hybridized carbons (Fsp3) is 0.316. The summed E-state index contributed by atoms with van der Waals surface area (Å²) in [6, 6.07) is 11.5. The van der Waals surface area contributed by atoms with Gasteiger partial charge in [0.2, 0.25) is 0 Å². The Morgan fingerprint density at radius 3 is 2.59 bits per heavy atom. The predicted octanol–water partition coefficient (Wildman–Crippen LogP) is 3.68.